The van der Waals surface area contributed by atoms with E-state index in [-0.39, 0.29) is 12.1 Å². The highest BCUT2D eigenvalue weighted by molar-refractivity contribution is 7.99. The third-order valence-electron chi connectivity index (χ3n) is 6.82. The number of anilines is 2. The van der Waals surface area contributed by atoms with Gasteiger partial charge in [0.15, 0.2) is 5.16 Å². The molecule has 182 valence electrons. The Balaban J connectivity index is 1.37. The number of nitrogens with zero attached hydrogens (tertiary/aromatic N) is 6. The molecule has 3 aromatic heterocycles. The van der Waals surface area contributed by atoms with Gasteiger partial charge in [0.05, 0.1) is 15.9 Å². The molecular formula is C24H28ClN9S. The van der Waals surface area contributed by atoms with E-state index in [0.29, 0.717) is 10.2 Å². The summed E-state index contributed by atoms with van der Waals surface area (Å²) in [5.74, 6) is 1.79. The Kier molecular flexibility index (Phi) is 5.92. The maximum absolute atomic E-state index is 6.73. The van der Waals surface area contributed by atoms with E-state index >= 15 is 0 Å². The Morgan fingerprint density at radius 2 is 1.80 bits per heavy atom. The molecule has 0 aliphatic carbocycles. The molecule has 0 amide bonds. The van der Waals surface area contributed by atoms with E-state index < -0.39 is 0 Å². The van der Waals surface area contributed by atoms with Crippen molar-refractivity contribution >= 4 is 56.9 Å². The molecular weight excluding hydrogens is 482 g/mol. The number of rotatable bonds is 5. The summed E-state index contributed by atoms with van der Waals surface area (Å²) in [6, 6.07) is 6.55. The van der Waals surface area contributed by atoms with Crippen LogP contribution in [-0.4, -0.2) is 63.2 Å². The minimum absolute atomic E-state index is 0.138. The molecule has 0 radical (unpaired) electrons. The zero-order chi connectivity index (χ0) is 24.1. The van der Waals surface area contributed by atoms with Gasteiger partial charge in [-0.25, -0.2) is 19.9 Å². The van der Waals surface area contributed by atoms with E-state index in [1.165, 1.54) is 11.8 Å². The predicted octanol–water partition coefficient (Wildman–Crippen LogP) is 3.34. The van der Waals surface area contributed by atoms with Gasteiger partial charge >= 0.3 is 0 Å². The number of fused-ring (bicyclic) bond motifs is 2. The highest BCUT2D eigenvalue weighted by atomic mass is 35.5. The third-order valence-corrected chi connectivity index (χ3v) is 8.09. The molecule has 2 fully saturated rings. The fourth-order valence-corrected chi connectivity index (χ4v) is 6.13. The summed E-state index contributed by atoms with van der Waals surface area (Å²) in [6.07, 6.45) is 4.34. The molecule has 5 N–H and O–H groups in total. The molecule has 2 aliphatic rings. The van der Waals surface area contributed by atoms with Crippen molar-refractivity contribution in [2.75, 3.05) is 36.0 Å². The van der Waals surface area contributed by atoms with E-state index in [4.69, 9.17) is 33.0 Å². The lowest BCUT2D eigenvalue weighted by atomic mass is 10.2. The second-order valence-electron chi connectivity index (χ2n) is 9.29. The van der Waals surface area contributed by atoms with Crippen LogP contribution in [0.1, 0.15) is 25.5 Å². The fourth-order valence-electron chi connectivity index (χ4n) is 4.99. The molecule has 2 atom stereocenters. The van der Waals surface area contributed by atoms with Crippen molar-refractivity contribution in [2.24, 2.45) is 11.5 Å². The highest BCUT2D eigenvalue weighted by Gasteiger charge is 2.26. The van der Waals surface area contributed by atoms with E-state index in [1.807, 2.05) is 0 Å². The lowest BCUT2D eigenvalue weighted by Gasteiger charge is -2.19. The maximum atomic E-state index is 6.73. The first-order chi connectivity index (χ1) is 17.0. The van der Waals surface area contributed by atoms with Crippen LogP contribution in [0.2, 0.25) is 5.02 Å². The van der Waals surface area contributed by atoms with E-state index in [0.717, 1.165) is 89.6 Å². The molecule has 0 bridgehead atoms. The summed E-state index contributed by atoms with van der Waals surface area (Å²) in [4.78, 5) is 27.7. The first kappa shape index (κ1) is 22.8. The van der Waals surface area contributed by atoms with Crippen LogP contribution in [0.3, 0.4) is 0 Å². The van der Waals surface area contributed by atoms with Crippen molar-refractivity contribution in [1.29, 1.82) is 0 Å². The number of benzene rings is 1. The van der Waals surface area contributed by atoms with Crippen molar-refractivity contribution in [1.82, 2.24) is 24.9 Å². The van der Waals surface area contributed by atoms with Crippen LogP contribution in [0, 0.1) is 0 Å². The summed E-state index contributed by atoms with van der Waals surface area (Å²) in [5, 5.41) is 3.26. The quantitative estimate of drug-likeness (QED) is 0.347. The zero-order valence-corrected chi connectivity index (χ0v) is 21.1. The summed E-state index contributed by atoms with van der Waals surface area (Å²) in [7, 11) is 0. The van der Waals surface area contributed by atoms with Gasteiger partial charge in [-0.2, -0.15) is 0 Å². The van der Waals surface area contributed by atoms with Crippen LogP contribution >= 0.6 is 23.4 Å². The molecule has 2 saturated heterocycles. The summed E-state index contributed by atoms with van der Waals surface area (Å²) >= 11 is 8.25. The second-order valence-corrected chi connectivity index (χ2v) is 10.7. The number of nitrogens with one attached hydrogen (secondary N) is 1. The molecule has 35 heavy (non-hydrogen) atoms. The molecule has 9 nitrogen and oxygen atoms in total. The molecule has 4 aromatic rings. The van der Waals surface area contributed by atoms with Crippen molar-refractivity contribution in [3.05, 3.63) is 35.2 Å². The number of halogens is 1. The zero-order valence-electron chi connectivity index (χ0n) is 19.5. The van der Waals surface area contributed by atoms with Crippen LogP contribution in [0.5, 0.6) is 0 Å². The molecule has 0 spiro atoms. The lowest BCUT2D eigenvalue weighted by molar-refractivity contribution is 0.751. The Bertz CT molecular complexity index is 1410. The number of hydrogen-bond acceptors (Lipinski definition) is 9. The van der Waals surface area contributed by atoms with Crippen molar-refractivity contribution in [3.8, 4) is 0 Å². The molecule has 6 rings (SSSR count). The Hall–Kier alpha value is -2.66. The fraction of sp³-hybridized carbons (Fsp3) is 0.417. The highest BCUT2D eigenvalue weighted by Crippen LogP contribution is 2.38. The lowest BCUT2D eigenvalue weighted by Crippen LogP contribution is -2.27. The normalized spacial score (nSPS) is 20.6. The predicted molar refractivity (Wildman–Crippen MR) is 142 cm³/mol. The monoisotopic (exact) mass is 509 g/mol. The van der Waals surface area contributed by atoms with Crippen molar-refractivity contribution in [3.63, 3.8) is 0 Å². The maximum Gasteiger partial charge on any atom is 0.196 e. The Morgan fingerprint density at radius 3 is 2.49 bits per heavy atom. The van der Waals surface area contributed by atoms with Gasteiger partial charge in [-0.3, -0.25) is 0 Å². The average molecular weight is 510 g/mol. The van der Waals surface area contributed by atoms with Gasteiger partial charge in [-0.1, -0.05) is 18.5 Å². The summed E-state index contributed by atoms with van der Waals surface area (Å²) in [6.45, 7) is 5.42. The van der Waals surface area contributed by atoms with Gasteiger partial charge in [-0.05, 0) is 49.2 Å². The molecule has 0 unspecified atom stereocenters. The largest absolute Gasteiger partial charge is 0.354 e. The molecule has 0 saturated carbocycles. The van der Waals surface area contributed by atoms with Gasteiger partial charge in [-0.15, -0.1) is 0 Å². The second kappa shape index (κ2) is 9.09. The van der Waals surface area contributed by atoms with Gasteiger partial charge < -0.3 is 26.3 Å². The topological polar surface area (TPSA) is 126 Å². The van der Waals surface area contributed by atoms with E-state index in [1.54, 1.807) is 6.33 Å². The molecule has 1 aromatic carbocycles. The Labute approximate surface area is 212 Å². The first-order valence-electron chi connectivity index (χ1n) is 12.0. The van der Waals surface area contributed by atoms with Gasteiger partial charge in [0, 0.05) is 54.2 Å². The van der Waals surface area contributed by atoms with Crippen LogP contribution in [0.25, 0.3) is 21.9 Å². The standard InChI is InChI=1S/C24H28ClN9S/c1-2-17-20(25)19-21(30-17)31-24(32-23(19)34-8-6-14(27)11-34)35-15-3-4-16-18(9-15)28-12-29-22(16)33-7-5-13(26)10-33/h3-4,9,12-14H,2,5-8,10-11,26-27H2,1H3,(H,30,31,32)/t13-,14-/m1/s1. The van der Waals surface area contributed by atoms with Gasteiger partial charge in [0.2, 0.25) is 0 Å². The first-order valence-corrected chi connectivity index (χ1v) is 13.2. The molecule has 5 heterocycles. The van der Waals surface area contributed by atoms with Crippen LogP contribution in [-0.2, 0) is 6.42 Å². The van der Waals surface area contributed by atoms with Crippen LogP contribution in [0.15, 0.2) is 34.6 Å². The third kappa shape index (κ3) is 4.18. The van der Waals surface area contributed by atoms with E-state index in [2.05, 4.69) is 49.9 Å². The average Bonchev–Trinajstić information content (AvgIpc) is 3.57. The number of nitrogens with two attached hydrogens (primary N) is 2. The number of aromatic amines is 1. The van der Waals surface area contributed by atoms with Crippen LogP contribution in [0.4, 0.5) is 11.6 Å². The smallest absolute Gasteiger partial charge is 0.196 e. The number of aromatic nitrogens is 5. The van der Waals surface area contributed by atoms with Crippen molar-refractivity contribution in [2.45, 2.75) is 48.3 Å². The molecule has 11 heteroatoms. The SMILES string of the molecule is CCc1[nH]c2nc(Sc3ccc4c(N5CC[C@@H](N)C5)ncnc4c3)nc(N3CC[C@@H](N)C3)c2c1Cl. The summed E-state index contributed by atoms with van der Waals surface area (Å²) in [5.41, 5.74) is 14.9. The molecule has 2 aliphatic heterocycles. The minimum atomic E-state index is 0.138. The van der Waals surface area contributed by atoms with Crippen molar-refractivity contribution < 1.29 is 0 Å². The number of H-pyrrole nitrogens is 1. The van der Waals surface area contributed by atoms with Gasteiger partial charge in [0.1, 0.15) is 23.6 Å². The number of aryl methyl sites for hydroxylation is 1. The summed E-state index contributed by atoms with van der Waals surface area (Å²) < 4.78 is 0. The minimum Gasteiger partial charge on any atom is -0.354 e. The Morgan fingerprint density at radius 1 is 1.06 bits per heavy atom. The van der Waals surface area contributed by atoms with Crippen LogP contribution < -0.4 is 21.3 Å². The number of hydrogen-bond donors (Lipinski definition) is 3. The van der Waals surface area contributed by atoms with Gasteiger partial charge in [0.25, 0.3) is 0 Å². The van der Waals surface area contributed by atoms with E-state index in [9.17, 15) is 0 Å².